The van der Waals surface area contributed by atoms with Crippen molar-refractivity contribution in [3.63, 3.8) is 0 Å². The number of β-lactam (4-membered cyclic amide) rings is 1. The van der Waals surface area contributed by atoms with Crippen molar-refractivity contribution < 1.29 is 27.9 Å². The lowest BCUT2D eigenvalue weighted by atomic mass is 10.0. The normalized spacial score (nSPS) is 24.4. The molecule has 0 aromatic heterocycles. The molecule has 1 saturated heterocycles. The van der Waals surface area contributed by atoms with Crippen LogP contribution in [0, 0.1) is 0 Å². The highest BCUT2D eigenvalue weighted by atomic mass is 32.2. The lowest BCUT2D eigenvalue weighted by Crippen LogP contribution is -2.74. The number of hydrogen-bond donors (Lipinski definition) is 2. The second-order valence-electron chi connectivity index (χ2n) is 6.05. The molecule has 0 saturated carbocycles. The molecule has 132 valence electrons. The highest BCUT2D eigenvalue weighted by Gasteiger charge is 2.60. The van der Waals surface area contributed by atoms with E-state index in [-0.39, 0.29) is 17.7 Å². The molecule has 0 bridgehead atoms. The van der Waals surface area contributed by atoms with Crippen molar-refractivity contribution in [2.45, 2.75) is 24.8 Å². The van der Waals surface area contributed by atoms with Gasteiger partial charge in [-0.05, 0) is 18.1 Å². The summed E-state index contributed by atoms with van der Waals surface area (Å²) in [5.41, 5.74) is 0.502. The summed E-state index contributed by atoms with van der Waals surface area (Å²) in [6, 6.07) is 7.53. The Morgan fingerprint density at radius 1 is 1.28 bits per heavy atom. The van der Waals surface area contributed by atoms with E-state index in [1.165, 1.54) is 6.92 Å². The highest BCUT2D eigenvalue weighted by molar-refractivity contribution is 7.92. The van der Waals surface area contributed by atoms with Gasteiger partial charge in [-0.2, -0.15) is 0 Å². The molecule has 1 unspecified atom stereocenters. The van der Waals surface area contributed by atoms with Gasteiger partial charge in [0, 0.05) is 0 Å². The van der Waals surface area contributed by atoms with E-state index < -0.39 is 44.8 Å². The number of carbonyl (C=O) groups is 3. The molecule has 1 aromatic rings. The summed E-state index contributed by atoms with van der Waals surface area (Å²) >= 11 is 0. The number of aliphatic carboxylic acids is 1. The van der Waals surface area contributed by atoms with E-state index in [1.807, 2.05) is 0 Å². The molecule has 0 aliphatic carbocycles. The number of nitrogens with zero attached hydrogens (tertiary/aromatic N) is 1. The Balaban J connectivity index is 1.81. The summed E-state index contributed by atoms with van der Waals surface area (Å²) in [6.07, 6.45) is -0.00194. The second kappa shape index (κ2) is 5.99. The fraction of sp³-hybridized carbons (Fsp3) is 0.312. The van der Waals surface area contributed by atoms with E-state index >= 15 is 0 Å². The number of benzene rings is 1. The van der Waals surface area contributed by atoms with Crippen molar-refractivity contribution in [3.05, 3.63) is 47.2 Å². The SMILES string of the molecule is CC1=C(C(=O)O)N2C(=O)C(NC(=O)Cc3ccccc3)[C@H]2S(=O)(=O)C1. The number of amides is 2. The van der Waals surface area contributed by atoms with Crippen LogP contribution >= 0.6 is 0 Å². The monoisotopic (exact) mass is 364 g/mol. The fourth-order valence-corrected chi connectivity index (χ4v) is 5.20. The lowest BCUT2D eigenvalue weighted by molar-refractivity contribution is -0.151. The molecular formula is C16H16N2O6S. The van der Waals surface area contributed by atoms with Gasteiger partial charge in [0.1, 0.15) is 11.7 Å². The van der Waals surface area contributed by atoms with E-state index in [2.05, 4.69) is 5.32 Å². The number of carbonyl (C=O) groups excluding carboxylic acids is 2. The molecule has 2 aliphatic heterocycles. The lowest BCUT2D eigenvalue weighted by Gasteiger charge is -2.48. The average molecular weight is 364 g/mol. The Bertz CT molecular complexity index is 890. The minimum atomic E-state index is -3.77. The van der Waals surface area contributed by atoms with Gasteiger partial charge in [-0.25, -0.2) is 13.2 Å². The minimum Gasteiger partial charge on any atom is -0.477 e. The molecule has 2 heterocycles. The van der Waals surface area contributed by atoms with Crippen LogP contribution in [0.25, 0.3) is 0 Å². The smallest absolute Gasteiger partial charge is 0.352 e. The van der Waals surface area contributed by atoms with E-state index in [4.69, 9.17) is 0 Å². The summed E-state index contributed by atoms with van der Waals surface area (Å²) in [7, 11) is -3.77. The Morgan fingerprint density at radius 3 is 2.52 bits per heavy atom. The van der Waals surface area contributed by atoms with Crippen molar-refractivity contribution in [2.24, 2.45) is 0 Å². The Morgan fingerprint density at radius 2 is 1.92 bits per heavy atom. The van der Waals surface area contributed by atoms with Crippen molar-refractivity contribution in [2.75, 3.05) is 5.75 Å². The van der Waals surface area contributed by atoms with Gasteiger partial charge in [0.2, 0.25) is 5.91 Å². The molecule has 0 spiro atoms. The van der Waals surface area contributed by atoms with E-state index in [9.17, 15) is 27.9 Å². The third-order valence-electron chi connectivity index (χ3n) is 4.20. The standard InChI is InChI=1S/C16H16N2O6S/c1-9-8-25(23,24)15-12(14(20)18(15)13(9)16(21)22)17-11(19)7-10-5-3-2-4-6-10/h2-6,12,15H,7-8H2,1H3,(H,17,19)(H,21,22)/t12?,15-/m1/s1. The van der Waals surface area contributed by atoms with Crippen LogP contribution in [0.1, 0.15) is 12.5 Å². The molecule has 2 aliphatic rings. The summed E-state index contributed by atoms with van der Waals surface area (Å²) in [6.45, 7) is 1.37. The molecule has 2 atom stereocenters. The number of sulfone groups is 1. The third-order valence-corrected chi connectivity index (χ3v) is 6.25. The first-order valence-electron chi connectivity index (χ1n) is 7.53. The Hall–Kier alpha value is -2.68. The first kappa shape index (κ1) is 17.2. The van der Waals surface area contributed by atoms with Crippen LogP contribution in [0.3, 0.4) is 0 Å². The third kappa shape index (κ3) is 2.91. The molecule has 1 fully saturated rings. The van der Waals surface area contributed by atoms with Crippen molar-refractivity contribution in [1.29, 1.82) is 0 Å². The predicted octanol–water partition coefficient (Wildman–Crippen LogP) is -0.331. The zero-order valence-electron chi connectivity index (χ0n) is 13.3. The Labute approximate surface area is 144 Å². The first-order valence-corrected chi connectivity index (χ1v) is 9.25. The molecule has 2 N–H and O–H groups in total. The van der Waals surface area contributed by atoms with Crippen LogP contribution in [0.4, 0.5) is 0 Å². The van der Waals surface area contributed by atoms with Crippen LogP contribution in [0.5, 0.6) is 0 Å². The van der Waals surface area contributed by atoms with Crippen molar-refractivity contribution in [3.8, 4) is 0 Å². The van der Waals surface area contributed by atoms with E-state index in [0.29, 0.717) is 0 Å². The zero-order valence-corrected chi connectivity index (χ0v) is 14.1. The summed E-state index contributed by atoms with van der Waals surface area (Å²) in [5, 5.41) is 10.3. The van der Waals surface area contributed by atoms with Crippen LogP contribution in [0.2, 0.25) is 0 Å². The largest absolute Gasteiger partial charge is 0.477 e. The molecular weight excluding hydrogens is 348 g/mol. The number of rotatable bonds is 4. The molecule has 1 aromatic carbocycles. The number of hydrogen-bond acceptors (Lipinski definition) is 5. The van der Waals surface area contributed by atoms with Gasteiger partial charge < -0.3 is 10.4 Å². The maximum atomic E-state index is 12.3. The van der Waals surface area contributed by atoms with Crippen molar-refractivity contribution in [1.82, 2.24) is 10.2 Å². The van der Waals surface area contributed by atoms with Gasteiger partial charge in [0.25, 0.3) is 5.91 Å². The minimum absolute atomic E-state index is 0.00194. The molecule has 25 heavy (non-hydrogen) atoms. The van der Waals surface area contributed by atoms with Crippen LogP contribution in [0.15, 0.2) is 41.6 Å². The number of carboxylic acids is 1. The van der Waals surface area contributed by atoms with E-state index in [0.717, 1.165) is 10.5 Å². The second-order valence-corrected chi connectivity index (χ2v) is 8.15. The van der Waals surface area contributed by atoms with Gasteiger partial charge in [0.05, 0.1) is 12.2 Å². The fourth-order valence-electron chi connectivity index (χ4n) is 3.16. The summed E-state index contributed by atoms with van der Waals surface area (Å²) in [4.78, 5) is 36.5. The Kier molecular flexibility index (Phi) is 4.11. The molecule has 2 amide bonds. The maximum Gasteiger partial charge on any atom is 0.352 e. The van der Waals surface area contributed by atoms with Gasteiger partial charge in [0.15, 0.2) is 15.2 Å². The average Bonchev–Trinajstić information content (AvgIpc) is 2.52. The van der Waals surface area contributed by atoms with Gasteiger partial charge in [-0.3, -0.25) is 14.5 Å². The van der Waals surface area contributed by atoms with Gasteiger partial charge in [-0.15, -0.1) is 0 Å². The predicted molar refractivity (Wildman–Crippen MR) is 86.8 cm³/mol. The van der Waals surface area contributed by atoms with Gasteiger partial charge in [-0.1, -0.05) is 30.3 Å². The zero-order chi connectivity index (χ0) is 18.4. The highest BCUT2D eigenvalue weighted by Crippen LogP contribution is 2.36. The summed E-state index contributed by atoms with van der Waals surface area (Å²) in [5.74, 6) is -3.04. The number of carboxylic acid groups (broad SMARTS) is 1. The topological polar surface area (TPSA) is 121 Å². The molecule has 3 rings (SSSR count). The van der Waals surface area contributed by atoms with Gasteiger partial charge >= 0.3 is 5.97 Å². The van der Waals surface area contributed by atoms with E-state index in [1.54, 1.807) is 30.3 Å². The quantitative estimate of drug-likeness (QED) is 0.706. The van der Waals surface area contributed by atoms with Crippen LogP contribution in [-0.4, -0.2) is 53.4 Å². The molecule has 0 radical (unpaired) electrons. The van der Waals surface area contributed by atoms with Crippen LogP contribution in [-0.2, 0) is 30.6 Å². The number of fused-ring (bicyclic) bond motifs is 1. The maximum absolute atomic E-state index is 12.3. The number of nitrogens with one attached hydrogen (secondary N) is 1. The first-order chi connectivity index (χ1) is 11.7. The van der Waals surface area contributed by atoms with Crippen LogP contribution < -0.4 is 5.32 Å². The summed E-state index contributed by atoms with van der Waals surface area (Å²) < 4.78 is 24.7. The van der Waals surface area contributed by atoms with Crippen molar-refractivity contribution >= 4 is 27.6 Å². The molecule has 9 heteroatoms. The molecule has 8 nitrogen and oxygen atoms in total.